The van der Waals surface area contributed by atoms with E-state index < -0.39 is 0 Å². The first-order chi connectivity index (χ1) is 8.72. The number of carbonyl (C=O) groups is 1. The minimum atomic E-state index is -0.385. The van der Waals surface area contributed by atoms with E-state index in [0.717, 1.165) is 3.57 Å². The standard InChI is InChI=1S/C14H11IO3/c1-17-12-8-4-5-9-13(12)18-14(16)10-6-2-3-7-11(10)15/h2-9H,1H3. The quantitative estimate of drug-likeness (QED) is 0.481. The molecule has 0 aliphatic heterocycles. The molecule has 0 saturated carbocycles. The van der Waals surface area contributed by atoms with Crippen molar-refractivity contribution in [2.24, 2.45) is 0 Å². The molecule has 2 aromatic carbocycles. The van der Waals surface area contributed by atoms with E-state index in [1.54, 1.807) is 37.4 Å². The van der Waals surface area contributed by atoms with Crippen LogP contribution in [0.2, 0.25) is 0 Å². The molecule has 0 aliphatic rings. The van der Waals surface area contributed by atoms with E-state index >= 15 is 0 Å². The van der Waals surface area contributed by atoms with E-state index in [4.69, 9.17) is 9.47 Å². The number of esters is 1. The summed E-state index contributed by atoms with van der Waals surface area (Å²) in [6.45, 7) is 0. The molecule has 0 saturated heterocycles. The average molecular weight is 354 g/mol. The Morgan fingerprint density at radius 3 is 2.28 bits per heavy atom. The number of benzene rings is 2. The van der Waals surface area contributed by atoms with Crippen LogP contribution in [0.5, 0.6) is 11.5 Å². The zero-order chi connectivity index (χ0) is 13.0. The van der Waals surface area contributed by atoms with Gasteiger partial charge in [0.1, 0.15) is 0 Å². The van der Waals surface area contributed by atoms with Gasteiger partial charge in [0, 0.05) is 3.57 Å². The van der Waals surface area contributed by atoms with Crippen molar-refractivity contribution >= 4 is 28.6 Å². The van der Waals surface area contributed by atoms with Crippen LogP contribution in [0.4, 0.5) is 0 Å². The molecule has 0 amide bonds. The van der Waals surface area contributed by atoms with Crippen LogP contribution in [0.25, 0.3) is 0 Å². The summed E-state index contributed by atoms with van der Waals surface area (Å²) in [6.07, 6.45) is 0. The van der Waals surface area contributed by atoms with Crippen molar-refractivity contribution in [3.05, 3.63) is 57.7 Å². The smallest absolute Gasteiger partial charge is 0.344 e. The summed E-state index contributed by atoms with van der Waals surface area (Å²) in [5.74, 6) is 0.575. The average Bonchev–Trinajstić information content (AvgIpc) is 2.39. The maximum Gasteiger partial charge on any atom is 0.344 e. The van der Waals surface area contributed by atoms with Gasteiger partial charge >= 0.3 is 5.97 Å². The second-order valence-corrected chi connectivity index (χ2v) is 4.68. The lowest BCUT2D eigenvalue weighted by molar-refractivity contribution is 0.0728. The topological polar surface area (TPSA) is 35.5 Å². The fraction of sp³-hybridized carbons (Fsp3) is 0.0714. The van der Waals surface area contributed by atoms with Crippen LogP contribution in [-0.2, 0) is 0 Å². The highest BCUT2D eigenvalue weighted by molar-refractivity contribution is 14.1. The van der Waals surface area contributed by atoms with E-state index in [2.05, 4.69) is 22.6 Å². The molecule has 0 radical (unpaired) electrons. The third-order valence-electron chi connectivity index (χ3n) is 2.37. The van der Waals surface area contributed by atoms with Crippen LogP contribution in [0.3, 0.4) is 0 Å². The maximum atomic E-state index is 12.0. The zero-order valence-electron chi connectivity index (χ0n) is 9.72. The number of carbonyl (C=O) groups excluding carboxylic acids is 1. The van der Waals surface area contributed by atoms with Crippen molar-refractivity contribution in [2.75, 3.05) is 7.11 Å². The molecule has 92 valence electrons. The van der Waals surface area contributed by atoms with Gasteiger partial charge in [0.05, 0.1) is 12.7 Å². The van der Waals surface area contributed by atoms with Crippen molar-refractivity contribution in [1.29, 1.82) is 0 Å². The van der Waals surface area contributed by atoms with Gasteiger partial charge < -0.3 is 9.47 Å². The van der Waals surface area contributed by atoms with Crippen LogP contribution in [0, 0.1) is 3.57 Å². The molecule has 0 spiro atoms. The number of para-hydroxylation sites is 2. The van der Waals surface area contributed by atoms with E-state index in [0.29, 0.717) is 17.1 Å². The summed E-state index contributed by atoms with van der Waals surface area (Å²) in [7, 11) is 1.54. The van der Waals surface area contributed by atoms with Crippen molar-refractivity contribution in [1.82, 2.24) is 0 Å². The van der Waals surface area contributed by atoms with Crippen molar-refractivity contribution < 1.29 is 14.3 Å². The van der Waals surface area contributed by atoms with E-state index in [1.807, 2.05) is 18.2 Å². The van der Waals surface area contributed by atoms with Crippen LogP contribution < -0.4 is 9.47 Å². The molecule has 0 bridgehead atoms. The summed E-state index contributed by atoms with van der Waals surface area (Å²) in [6, 6.07) is 14.3. The normalized spacial score (nSPS) is 9.89. The van der Waals surface area contributed by atoms with Gasteiger partial charge in [0.25, 0.3) is 0 Å². The summed E-state index contributed by atoms with van der Waals surface area (Å²) in [5, 5.41) is 0. The molecule has 2 aromatic rings. The summed E-state index contributed by atoms with van der Waals surface area (Å²) in [5.41, 5.74) is 0.545. The monoisotopic (exact) mass is 354 g/mol. The molecule has 0 aliphatic carbocycles. The van der Waals surface area contributed by atoms with Crippen LogP contribution in [0.1, 0.15) is 10.4 Å². The summed E-state index contributed by atoms with van der Waals surface area (Å²) >= 11 is 2.10. The minimum Gasteiger partial charge on any atom is -0.493 e. The fourth-order valence-electron chi connectivity index (χ4n) is 1.48. The molecule has 0 aromatic heterocycles. The molecule has 3 nitrogen and oxygen atoms in total. The number of rotatable bonds is 3. The van der Waals surface area contributed by atoms with Gasteiger partial charge in [0.2, 0.25) is 0 Å². The van der Waals surface area contributed by atoms with Gasteiger partial charge in [-0.3, -0.25) is 0 Å². The number of methoxy groups -OCH3 is 1. The molecular weight excluding hydrogens is 343 g/mol. The van der Waals surface area contributed by atoms with E-state index in [9.17, 15) is 4.79 Å². The predicted molar refractivity (Wildman–Crippen MR) is 77.1 cm³/mol. The Balaban J connectivity index is 2.24. The van der Waals surface area contributed by atoms with Crippen molar-refractivity contribution in [3.63, 3.8) is 0 Å². The molecule has 0 N–H and O–H groups in total. The Bertz CT molecular complexity index is 566. The molecule has 18 heavy (non-hydrogen) atoms. The number of hydrogen-bond donors (Lipinski definition) is 0. The second kappa shape index (κ2) is 5.86. The van der Waals surface area contributed by atoms with Crippen LogP contribution in [0.15, 0.2) is 48.5 Å². The van der Waals surface area contributed by atoms with Gasteiger partial charge in [0.15, 0.2) is 11.5 Å². The highest BCUT2D eigenvalue weighted by Gasteiger charge is 2.13. The van der Waals surface area contributed by atoms with Gasteiger partial charge in [-0.1, -0.05) is 24.3 Å². The molecule has 0 atom stereocenters. The van der Waals surface area contributed by atoms with Crippen LogP contribution >= 0.6 is 22.6 Å². The molecule has 2 rings (SSSR count). The molecule has 0 fully saturated rings. The lowest BCUT2D eigenvalue weighted by Crippen LogP contribution is -2.10. The Labute approximate surface area is 119 Å². The van der Waals surface area contributed by atoms with E-state index in [-0.39, 0.29) is 5.97 Å². The van der Waals surface area contributed by atoms with Crippen molar-refractivity contribution in [2.45, 2.75) is 0 Å². The van der Waals surface area contributed by atoms with Gasteiger partial charge in [-0.05, 0) is 46.9 Å². The Morgan fingerprint density at radius 2 is 1.61 bits per heavy atom. The SMILES string of the molecule is COc1ccccc1OC(=O)c1ccccc1I. The highest BCUT2D eigenvalue weighted by atomic mass is 127. The Hall–Kier alpha value is -1.56. The predicted octanol–water partition coefficient (Wildman–Crippen LogP) is 3.52. The number of halogens is 1. The first-order valence-corrected chi connectivity index (χ1v) is 6.40. The highest BCUT2D eigenvalue weighted by Crippen LogP contribution is 2.27. The molecule has 0 unspecified atom stereocenters. The van der Waals surface area contributed by atoms with E-state index in [1.165, 1.54) is 0 Å². The van der Waals surface area contributed by atoms with Crippen LogP contribution in [-0.4, -0.2) is 13.1 Å². The third-order valence-corrected chi connectivity index (χ3v) is 3.31. The molecule has 4 heteroatoms. The Morgan fingerprint density at radius 1 is 1.00 bits per heavy atom. The van der Waals surface area contributed by atoms with Gasteiger partial charge in [-0.2, -0.15) is 0 Å². The third kappa shape index (κ3) is 2.81. The summed E-state index contributed by atoms with van der Waals surface area (Å²) < 4.78 is 11.3. The van der Waals surface area contributed by atoms with Gasteiger partial charge in [-0.25, -0.2) is 4.79 Å². The lowest BCUT2D eigenvalue weighted by atomic mass is 10.2. The first kappa shape index (κ1) is 12.9. The summed E-state index contributed by atoms with van der Waals surface area (Å²) in [4.78, 5) is 12.0. The Kier molecular flexibility index (Phi) is 4.19. The number of ether oxygens (including phenoxy) is 2. The molecular formula is C14H11IO3. The van der Waals surface area contributed by atoms with Crippen molar-refractivity contribution in [3.8, 4) is 11.5 Å². The maximum absolute atomic E-state index is 12.0. The van der Waals surface area contributed by atoms with Gasteiger partial charge in [-0.15, -0.1) is 0 Å². The fourth-order valence-corrected chi connectivity index (χ4v) is 2.09. The zero-order valence-corrected chi connectivity index (χ0v) is 11.9. The largest absolute Gasteiger partial charge is 0.493 e. The number of hydrogen-bond acceptors (Lipinski definition) is 3. The lowest BCUT2D eigenvalue weighted by Gasteiger charge is -2.09. The first-order valence-electron chi connectivity index (χ1n) is 5.32. The molecule has 0 heterocycles. The second-order valence-electron chi connectivity index (χ2n) is 3.52. The minimum absolute atomic E-state index is 0.385.